The minimum absolute atomic E-state index is 0.252. The molecule has 1 aliphatic rings. The average Bonchev–Trinajstić information content (AvgIpc) is 2.60. The number of benzene rings is 1. The van der Waals surface area contributed by atoms with Crippen molar-refractivity contribution in [1.82, 2.24) is 10.2 Å². The zero-order valence-corrected chi connectivity index (χ0v) is 12.2. The van der Waals surface area contributed by atoms with Crippen molar-refractivity contribution in [2.45, 2.75) is 51.7 Å². The summed E-state index contributed by atoms with van der Waals surface area (Å²) < 4.78 is 0. The van der Waals surface area contributed by atoms with Crippen LogP contribution in [0.4, 0.5) is 0 Å². The molecule has 1 N–H and O–H groups in total. The Hall–Kier alpha value is -0.860. The molecule has 0 bridgehead atoms. The maximum absolute atomic E-state index is 3.53. The van der Waals surface area contributed by atoms with Crippen LogP contribution < -0.4 is 5.32 Å². The molecule has 1 atom stereocenters. The van der Waals surface area contributed by atoms with E-state index in [4.69, 9.17) is 0 Å². The van der Waals surface area contributed by atoms with Crippen molar-refractivity contribution in [3.63, 3.8) is 0 Å². The average molecular weight is 246 g/mol. The second kappa shape index (κ2) is 5.41. The summed E-state index contributed by atoms with van der Waals surface area (Å²) in [6, 6.07) is 9.41. The fourth-order valence-corrected chi connectivity index (χ4v) is 2.71. The first-order chi connectivity index (χ1) is 8.56. The Kier molecular flexibility index (Phi) is 4.08. The molecule has 1 unspecified atom stereocenters. The predicted molar refractivity (Wildman–Crippen MR) is 77.6 cm³/mol. The van der Waals surface area contributed by atoms with Crippen molar-refractivity contribution in [2.75, 3.05) is 13.6 Å². The van der Waals surface area contributed by atoms with Gasteiger partial charge in [0.2, 0.25) is 0 Å². The molecule has 18 heavy (non-hydrogen) atoms. The highest BCUT2D eigenvalue weighted by Crippen LogP contribution is 2.33. The van der Waals surface area contributed by atoms with E-state index in [-0.39, 0.29) is 5.54 Å². The van der Waals surface area contributed by atoms with Gasteiger partial charge in [-0.2, -0.15) is 0 Å². The summed E-state index contributed by atoms with van der Waals surface area (Å²) in [7, 11) is 2.27. The van der Waals surface area contributed by atoms with Gasteiger partial charge < -0.3 is 5.32 Å². The predicted octanol–water partition coefficient (Wildman–Crippen LogP) is 3.34. The number of nitrogens with zero attached hydrogens (tertiary/aromatic N) is 1. The minimum atomic E-state index is 0.252. The van der Waals surface area contributed by atoms with E-state index in [1.807, 2.05) is 0 Å². The SMILES string of the molecule is CCC(C)(C)N(C)C1CCNCc2ccccc21. The first-order valence-corrected chi connectivity index (χ1v) is 7.07. The smallest absolute Gasteiger partial charge is 0.0365 e. The molecule has 0 aromatic heterocycles. The molecule has 2 rings (SSSR count). The van der Waals surface area contributed by atoms with Crippen LogP contribution in [0.2, 0.25) is 0 Å². The molecule has 0 spiro atoms. The summed E-state index contributed by atoms with van der Waals surface area (Å²) in [5.74, 6) is 0. The van der Waals surface area contributed by atoms with E-state index >= 15 is 0 Å². The Labute approximate surface area is 111 Å². The van der Waals surface area contributed by atoms with Crippen molar-refractivity contribution in [1.29, 1.82) is 0 Å². The maximum atomic E-state index is 3.53. The van der Waals surface area contributed by atoms with Crippen molar-refractivity contribution in [3.05, 3.63) is 35.4 Å². The molecule has 0 saturated heterocycles. The van der Waals surface area contributed by atoms with E-state index in [2.05, 4.69) is 62.3 Å². The topological polar surface area (TPSA) is 15.3 Å². The Morgan fingerprint density at radius 1 is 1.33 bits per heavy atom. The molecule has 1 aliphatic heterocycles. The van der Waals surface area contributed by atoms with Gasteiger partial charge in [-0.15, -0.1) is 0 Å². The van der Waals surface area contributed by atoms with Crippen molar-refractivity contribution >= 4 is 0 Å². The highest BCUT2D eigenvalue weighted by atomic mass is 15.2. The zero-order chi connectivity index (χ0) is 13.2. The van der Waals surface area contributed by atoms with Crippen LogP contribution in [-0.2, 0) is 6.54 Å². The summed E-state index contributed by atoms with van der Waals surface area (Å²) >= 11 is 0. The van der Waals surface area contributed by atoms with Crippen LogP contribution in [0.15, 0.2) is 24.3 Å². The van der Waals surface area contributed by atoms with Crippen LogP contribution in [0.3, 0.4) is 0 Å². The molecule has 0 saturated carbocycles. The quantitative estimate of drug-likeness (QED) is 0.880. The normalized spacial score (nSPS) is 20.6. The summed E-state index contributed by atoms with van der Waals surface area (Å²) in [5.41, 5.74) is 3.22. The molecule has 1 aromatic carbocycles. The molecule has 0 amide bonds. The first-order valence-electron chi connectivity index (χ1n) is 7.07. The monoisotopic (exact) mass is 246 g/mol. The van der Waals surface area contributed by atoms with E-state index in [1.165, 1.54) is 24.0 Å². The van der Waals surface area contributed by atoms with Gasteiger partial charge in [0.1, 0.15) is 0 Å². The van der Waals surface area contributed by atoms with E-state index < -0.39 is 0 Å². The number of fused-ring (bicyclic) bond motifs is 1. The molecule has 2 nitrogen and oxygen atoms in total. The van der Waals surface area contributed by atoms with Crippen LogP contribution in [0.1, 0.15) is 50.8 Å². The van der Waals surface area contributed by atoms with Gasteiger partial charge in [-0.1, -0.05) is 31.2 Å². The molecule has 1 aromatic rings. The molecular formula is C16H26N2. The van der Waals surface area contributed by atoms with Gasteiger partial charge in [0.05, 0.1) is 0 Å². The Balaban J connectivity index is 2.33. The van der Waals surface area contributed by atoms with Crippen molar-refractivity contribution in [2.24, 2.45) is 0 Å². The third-order valence-corrected chi connectivity index (χ3v) is 4.61. The van der Waals surface area contributed by atoms with Gasteiger partial charge >= 0.3 is 0 Å². The minimum Gasteiger partial charge on any atom is -0.313 e. The highest BCUT2D eigenvalue weighted by Gasteiger charge is 2.30. The molecule has 0 radical (unpaired) electrons. The van der Waals surface area contributed by atoms with Gasteiger partial charge in [-0.25, -0.2) is 0 Å². The van der Waals surface area contributed by atoms with Gasteiger partial charge in [0.25, 0.3) is 0 Å². The second-order valence-electron chi connectivity index (χ2n) is 5.96. The van der Waals surface area contributed by atoms with E-state index in [1.54, 1.807) is 0 Å². The second-order valence-corrected chi connectivity index (χ2v) is 5.96. The Bertz CT molecular complexity index is 398. The molecule has 2 heteroatoms. The van der Waals surface area contributed by atoms with Crippen LogP contribution in [0.5, 0.6) is 0 Å². The lowest BCUT2D eigenvalue weighted by molar-refractivity contribution is 0.0926. The summed E-state index contributed by atoms with van der Waals surface area (Å²) in [6.07, 6.45) is 2.37. The van der Waals surface area contributed by atoms with Crippen LogP contribution in [0, 0.1) is 0 Å². The van der Waals surface area contributed by atoms with Crippen LogP contribution in [-0.4, -0.2) is 24.0 Å². The Morgan fingerprint density at radius 2 is 2.06 bits per heavy atom. The number of nitrogens with one attached hydrogen (secondary N) is 1. The largest absolute Gasteiger partial charge is 0.313 e. The number of rotatable bonds is 3. The summed E-state index contributed by atoms with van der Waals surface area (Å²) in [5, 5.41) is 3.53. The lowest BCUT2D eigenvalue weighted by Crippen LogP contribution is -2.43. The van der Waals surface area contributed by atoms with Gasteiger partial charge in [0.15, 0.2) is 0 Å². The Morgan fingerprint density at radius 3 is 2.78 bits per heavy atom. The van der Waals surface area contributed by atoms with E-state index in [0.717, 1.165) is 13.1 Å². The molecule has 0 fully saturated rings. The van der Waals surface area contributed by atoms with E-state index in [9.17, 15) is 0 Å². The van der Waals surface area contributed by atoms with Gasteiger partial charge in [0, 0.05) is 18.1 Å². The fraction of sp³-hybridized carbons (Fsp3) is 0.625. The fourth-order valence-electron chi connectivity index (χ4n) is 2.71. The standard InChI is InChI=1S/C16H26N2/c1-5-16(2,3)18(4)15-10-11-17-12-13-8-6-7-9-14(13)15/h6-9,15,17H,5,10-12H2,1-4H3. The van der Waals surface area contributed by atoms with Crippen molar-refractivity contribution in [3.8, 4) is 0 Å². The van der Waals surface area contributed by atoms with E-state index in [0.29, 0.717) is 6.04 Å². The van der Waals surface area contributed by atoms with Gasteiger partial charge in [-0.05, 0) is 51.4 Å². The van der Waals surface area contributed by atoms with Crippen molar-refractivity contribution < 1.29 is 0 Å². The summed E-state index contributed by atoms with van der Waals surface area (Å²) in [4.78, 5) is 2.55. The third-order valence-electron chi connectivity index (χ3n) is 4.61. The number of hydrogen-bond acceptors (Lipinski definition) is 2. The lowest BCUT2D eigenvalue weighted by Gasteiger charge is -2.41. The highest BCUT2D eigenvalue weighted by molar-refractivity contribution is 5.31. The summed E-state index contributed by atoms with van der Waals surface area (Å²) in [6.45, 7) is 9.07. The first kappa shape index (κ1) is 13.6. The zero-order valence-electron chi connectivity index (χ0n) is 12.2. The molecule has 1 heterocycles. The molecule has 100 valence electrons. The van der Waals surface area contributed by atoms with Crippen LogP contribution in [0.25, 0.3) is 0 Å². The van der Waals surface area contributed by atoms with Crippen LogP contribution >= 0.6 is 0 Å². The maximum Gasteiger partial charge on any atom is 0.0365 e. The molecule has 0 aliphatic carbocycles. The molecular weight excluding hydrogens is 220 g/mol. The number of hydrogen-bond donors (Lipinski definition) is 1. The van der Waals surface area contributed by atoms with Gasteiger partial charge in [-0.3, -0.25) is 4.90 Å². The third kappa shape index (κ3) is 2.60. The lowest BCUT2D eigenvalue weighted by atomic mass is 9.92.